The summed E-state index contributed by atoms with van der Waals surface area (Å²) in [5, 5.41) is 6.18. The Kier molecular flexibility index (Phi) is 5.40. The van der Waals surface area contributed by atoms with Crippen molar-refractivity contribution in [2.24, 2.45) is 0 Å². The minimum Gasteiger partial charge on any atom is -0.497 e. The van der Waals surface area contributed by atoms with Crippen LogP contribution in [0.3, 0.4) is 0 Å². The SMILES string of the molecule is C=CCN(Cc1noc(-c2ccc(OC)cc2)n1)Cc1cccs1. The van der Waals surface area contributed by atoms with Gasteiger partial charge in [-0.3, -0.25) is 4.90 Å². The van der Waals surface area contributed by atoms with E-state index in [1.807, 2.05) is 30.3 Å². The van der Waals surface area contributed by atoms with Crippen LogP contribution in [-0.2, 0) is 13.1 Å². The summed E-state index contributed by atoms with van der Waals surface area (Å²) in [4.78, 5) is 8.02. The van der Waals surface area contributed by atoms with Gasteiger partial charge in [0.15, 0.2) is 5.82 Å². The summed E-state index contributed by atoms with van der Waals surface area (Å²) in [7, 11) is 1.64. The van der Waals surface area contributed by atoms with Crippen molar-refractivity contribution in [3.63, 3.8) is 0 Å². The molecule has 0 saturated heterocycles. The Morgan fingerprint density at radius 2 is 2.08 bits per heavy atom. The van der Waals surface area contributed by atoms with E-state index in [4.69, 9.17) is 9.26 Å². The molecule has 0 atom stereocenters. The van der Waals surface area contributed by atoms with E-state index in [9.17, 15) is 0 Å². The smallest absolute Gasteiger partial charge is 0.257 e. The highest BCUT2D eigenvalue weighted by Gasteiger charge is 2.13. The minimum absolute atomic E-state index is 0.516. The number of thiophene rings is 1. The number of hydrogen-bond acceptors (Lipinski definition) is 6. The van der Waals surface area contributed by atoms with Gasteiger partial charge in [0.1, 0.15) is 5.75 Å². The molecule has 0 N–H and O–H groups in total. The third-order valence-corrected chi connectivity index (χ3v) is 4.38. The van der Waals surface area contributed by atoms with Crippen LogP contribution in [0.5, 0.6) is 5.75 Å². The zero-order valence-electron chi connectivity index (χ0n) is 13.5. The van der Waals surface area contributed by atoms with Gasteiger partial charge in [0, 0.05) is 23.5 Å². The molecule has 0 spiro atoms. The van der Waals surface area contributed by atoms with Crippen molar-refractivity contribution in [1.29, 1.82) is 0 Å². The molecular formula is C18H19N3O2S. The van der Waals surface area contributed by atoms with Crippen LogP contribution in [0.2, 0.25) is 0 Å². The molecule has 0 radical (unpaired) electrons. The highest BCUT2D eigenvalue weighted by molar-refractivity contribution is 7.09. The standard InChI is InChI=1S/C18H19N3O2S/c1-3-10-21(12-16-5-4-11-24-16)13-17-19-18(23-20-17)14-6-8-15(22-2)9-7-14/h3-9,11H,1,10,12-13H2,2H3. The Balaban J connectivity index is 1.69. The molecule has 2 heterocycles. The molecule has 0 unspecified atom stereocenters. The molecule has 0 aliphatic heterocycles. The van der Waals surface area contributed by atoms with Gasteiger partial charge in [-0.05, 0) is 35.7 Å². The number of methoxy groups -OCH3 is 1. The molecule has 6 heteroatoms. The average molecular weight is 341 g/mol. The van der Waals surface area contributed by atoms with Gasteiger partial charge in [0.05, 0.1) is 13.7 Å². The van der Waals surface area contributed by atoms with Gasteiger partial charge < -0.3 is 9.26 Å². The summed E-state index contributed by atoms with van der Waals surface area (Å²) in [6.07, 6.45) is 1.89. The van der Waals surface area contributed by atoms with E-state index in [0.717, 1.165) is 24.4 Å². The largest absolute Gasteiger partial charge is 0.497 e. The molecule has 0 amide bonds. The lowest BCUT2D eigenvalue weighted by Gasteiger charge is -2.17. The Morgan fingerprint density at radius 1 is 1.25 bits per heavy atom. The van der Waals surface area contributed by atoms with Crippen LogP contribution in [0, 0.1) is 0 Å². The zero-order chi connectivity index (χ0) is 16.8. The Bertz CT molecular complexity index is 766. The van der Waals surface area contributed by atoms with Crippen LogP contribution < -0.4 is 4.74 Å². The summed E-state index contributed by atoms with van der Waals surface area (Å²) in [5.74, 6) is 1.98. The molecule has 0 aliphatic rings. The Hall–Kier alpha value is -2.44. The average Bonchev–Trinajstić information content (AvgIpc) is 3.27. The van der Waals surface area contributed by atoms with Crippen LogP contribution in [-0.4, -0.2) is 28.7 Å². The number of benzene rings is 1. The predicted molar refractivity (Wildman–Crippen MR) is 94.9 cm³/mol. The maximum absolute atomic E-state index is 5.39. The first kappa shape index (κ1) is 16.4. The van der Waals surface area contributed by atoms with E-state index >= 15 is 0 Å². The second-order valence-corrected chi connectivity index (χ2v) is 6.31. The van der Waals surface area contributed by atoms with Gasteiger partial charge in [-0.1, -0.05) is 17.3 Å². The number of hydrogen-bond donors (Lipinski definition) is 0. The van der Waals surface area contributed by atoms with Gasteiger partial charge in [0.25, 0.3) is 5.89 Å². The summed E-state index contributed by atoms with van der Waals surface area (Å²) in [6, 6.07) is 11.7. The van der Waals surface area contributed by atoms with Gasteiger partial charge in [-0.2, -0.15) is 4.98 Å². The van der Waals surface area contributed by atoms with Crippen LogP contribution in [0.1, 0.15) is 10.7 Å². The normalized spacial score (nSPS) is 10.9. The van der Waals surface area contributed by atoms with Crippen molar-refractivity contribution in [2.45, 2.75) is 13.1 Å². The van der Waals surface area contributed by atoms with Crippen molar-refractivity contribution in [3.05, 3.63) is 65.1 Å². The van der Waals surface area contributed by atoms with Gasteiger partial charge in [0.2, 0.25) is 0 Å². The molecule has 0 fully saturated rings. The molecule has 3 rings (SSSR count). The fraction of sp³-hybridized carbons (Fsp3) is 0.222. The van der Waals surface area contributed by atoms with Crippen molar-refractivity contribution < 1.29 is 9.26 Å². The first-order valence-corrected chi connectivity index (χ1v) is 8.49. The highest BCUT2D eigenvalue weighted by Crippen LogP contribution is 2.21. The number of aromatic nitrogens is 2. The second kappa shape index (κ2) is 7.90. The Labute approximate surface area is 145 Å². The van der Waals surface area contributed by atoms with Crippen LogP contribution >= 0.6 is 11.3 Å². The van der Waals surface area contributed by atoms with Gasteiger partial charge in [-0.15, -0.1) is 17.9 Å². The molecule has 3 aromatic rings. The fourth-order valence-electron chi connectivity index (χ4n) is 2.36. The van der Waals surface area contributed by atoms with Gasteiger partial charge in [-0.25, -0.2) is 0 Å². The van der Waals surface area contributed by atoms with E-state index in [0.29, 0.717) is 18.3 Å². The first-order chi connectivity index (χ1) is 11.8. The lowest BCUT2D eigenvalue weighted by Crippen LogP contribution is -2.23. The van der Waals surface area contributed by atoms with E-state index in [2.05, 4.69) is 39.1 Å². The monoisotopic (exact) mass is 341 g/mol. The van der Waals surface area contributed by atoms with E-state index in [-0.39, 0.29) is 0 Å². The number of rotatable bonds is 8. The van der Waals surface area contributed by atoms with Gasteiger partial charge >= 0.3 is 0 Å². The summed E-state index contributed by atoms with van der Waals surface area (Å²) in [6.45, 7) is 6.05. The summed E-state index contributed by atoms with van der Waals surface area (Å²) < 4.78 is 10.5. The van der Waals surface area contributed by atoms with Crippen molar-refractivity contribution in [3.8, 4) is 17.2 Å². The van der Waals surface area contributed by atoms with E-state index < -0.39 is 0 Å². The summed E-state index contributed by atoms with van der Waals surface area (Å²) in [5.41, 5.74) is 0.878. The molecule has 2 aromatic heterocycles. The molecule has 0 bridgehead atoms. The molecule has 0 aliphatic carbocycles. The first-order valence-electron chi connectivity index (χ1n) is 7.61. The number of nitrogens with zero attached hydrogens (tertiary/aromatic N) is 3. The third-order valence-electron chi connectivity index (χ3n) is 3.52. The quantitative estimate of drug-likeness (QED) is 0.580. The fourth-order valence-corrected chi connectivity index (χ4v) is 3.11. The zero-order valence-corrected chi connectivity index (χ0v) is 14.3. The molecule has 124 valence electrons. The second-order valence-electron chi connectivity index (χ2n) is 5.28. The minimum atomic E-state index is 0.516. The van der Waals surface area contributed by atoms with Crippen molar-refractivity contribution >= 4 is 11.3 Å². The molecule has 24 heavy (non-hydrogen) atoms. The van der Waals surface area contributed by atoms with Crippen molar-refractivity contribution in [2.75, 3.05) is 13.7 Å². The maximum atomic E-state index is 5.39. The maximum Gasteiger partial charge on any atom is 0.257 e. The Morgan fingerprint density at radius 3 is 2.75 bits per heavy atom. The lowest BCUT2D eigenvalue weighted by molar-refractivity contribution is 0.275. The van der Waals surface area contributed by atoms with E-state index in [1.165, 1.54) is 4.88 Å². The van der Waals surface area contributed by atoms with E-state index in [1.54, 1.807) is 18.4 Å². The highest BCUT2D eigenvalue weighted by atomic mass is 32.1. The number of ether oxygens (including phenoxy) is 1. The summed E-state index contributed by atoms with van der Waals surface area (Å²) >= 11 is 1.74. The van der Waals surface area contributed by atoms with Crippen LogP contribution in [0.15, 0.2) is 59.0 Å². The topological polar surface area (TPSA) is 51.4 Å². The van der Waals surface area contributed by atoms with Crippen LogP contribution in [0.4, 0.5) is 0 Å². The molecule has 0 saturated carbocycles. The van der Waals surface area contributed by atoms with Crippen LogP contribution in [0.25, 0.3) is 11.5 Å². The predicted octanol–water partition coefficient (Wildman–Crippen LogP) is 3.99. The molecule has 1 aromatic carbocycles. The lowest BCUT2D eigenvalue weighted by atomic mass is 10.2. The molecule has 5 nitrogen and oxygen atoms in total. The molecular weight excluding hydrogens is 322 g/mol. The third kappa shape index (κ3) is 4.10. The van der Waals surface area contributed by atoms with Crippen molar-refractivity contribution in [1.82, 2.24) is 15.0 Å².